The Labute approximate surface area is 112 Å². The highest BCUT2D eigenvalue weighted by Gasteiger charge is 2.43. The zero-order valence-electron chi connectivity index (χ0n) is 11.6. The smallest absolute Gasteiger partial charge is 0.299 e. The minimum atomic E-state index is -4.18. The normalized spacial score (nSPS) is 27.7. The van der Waals surface area contributed by atoms with E-state index in [1.807, 2.05) is 6.92 Å². The fourth-order valence-corrected chi connectivity index (χ4v) is 2.73. The second-order valence-electron chi connectivity index (χ2n) is 5.20. The summed E-state index contributed by atoms with van der Waals surface area (Å²) in [6.45, 7) is 3.94. The zero-order valence-corrected chi connectivity index (χ0v) is 11.6. The van der Waals surface area contributed by atoms with Gasteiger partial charge in [0.25, 0.3) is 0 Å². The third-order valence-corrected chi connectivity index (χ3v) is 3.72. The molecular weight excluding hydrogens is 255 g/mol. The van der Waals surface area contributed by atoms with Crippen LogP contribution in [0.15, 0.2) is 0 Å². The van der Waals surface area contributed by atoms with Gasteiger partial charge in [-0.05, 0) is 38.8 Å². The van der Waals surface area contributed by atoms with Crippen LogP contribution in [0.1, 0.15) is 39.5 Å². The highest BCUT2D eigenvalue weighted by molar-refractivity contribution is 5.13. The molecule has 0 aromatic rings. The summed E-state index contributed by atoms with van der Waals surface area (Å²) >= 11 is 0. The topological polar surface area (TPSA) is 39.1 Å². The molecule has 2 unspecified atom stereocenters. The van der Waals surface area contributed by atoms with Crippen molar-refractivity contribution in [2.75, 3.05) is 19.6 Å². The minimum Gasteiger partial charge on any atom is -0.299 e. The lowest BCUT2D eigenvalue weighted by Crippen LogP contribution is -2.46. The first-order valence-electron chi connectivity index (χ1n) is 6.83. The van der Waals surface area contributed by atoms with Gasteiger partial charge in [0, 0.05) is 6.04 Å². The summed E-state index contributed by atoms with van der Waals surface area (Å²) in [5, 5.41) is 12.5. The second-order valence-corrected chi connectivity index (χ2v) is 5.20. The molecule has 3 nitrogen and oxygen atoms in total. The second kappa shape index (κ2) is 6.58. The lowest BCUT2D eigenvalue weighted by Gasteiger charge is -2.30. The Hall–Kier alpha value is -0.800. The molecule has 0 bridgehead atoms. The van der Waals surface area contributed by atoms with Crippen LogP contribution in [0.5, 0.6) is 0 Å². The molecule has 1 saturated carbocycles. The summed E-state index contributed by atoms with van der Waals surface area (Å²) in [6.07, 6.45) is -1.51. The van der Waals surface area contributed by atoms with Crippen molar-refractivity contribution in [3.63, 3.8) is 0 Å². The van der Waals surface area contributed by atoms with Gasteiger partial charge in [0.05, 0.1) is 12.6 Å². The number of nitrogens with one attached hydrogen (secondary N) is 1. The number of nitrogens with zero attached hydrogens (tertiary/aromatic N) is 2. The van der Waals surface area contributed by atoms with Gasteiger partial charge in [0.1, 0.15) is 5.54 Å². The molecule has 1 N–H and O–H groups in total. The van der Waals surface area contributed by atoms with Gasteiger partial charge < -0.3 is 0 Å². The Bertz CT molecular complexity index is 324. The zero-order chi connectivity index (χ0) is 14.5. The SMILES string of the molecule is CCCNC1(C#N)CCC(N(CC)CC(F)(F)F)C1. The van der Waals surface area contributed by atoms with Crippen molar-refractivity contribution < 1.29 is 13.2 Å². The fourth-order valence-electron chi connectivity index (χ4n) is 2.73. The molecule has 0 aliphatic heterocycles. The van der Waals surface area contributed by atoms with E-state index in [9.17, 15) is 18.4 Å². The predicted molar refractivity (Wildman–Crippen MR) is 67.6 cm³/mol. The Morgan fingerprint density at radius 2 is 2.11 bits per heavy atom. The number of hydrogen-bond acceptors (Lipinski definition) is 3. The lowest BCUT2D eigenvalue weighted by molar-refractivity contribution is -0.150. The summed E-state index contributed by atoms with van der Waals surface area (Å²) in [5.74, 6) is 0. The summed E-state index contributed by atoms with van der Waals surface area (Å²) in [7, 11) is 0. The van der Waals surface area contributed by atoms with Crippen LogP contribution in [0.25, 0.3) is 0 Å². The van der Waals surface area contributed by atoms with Crippen LogP contribution in [0, 0.1) is 11.3 Å². The van der Waals surface area contributed by atoms with Crippen molar-refractivity contribution >= 4 is 0 Å². The van der Waals surface area contributed by atoms with E-state index < -0.39 is 18.3 Å². The number of hydrogen-bond donors (Lipinski definition) is 1. The third-order valence-electron chi connectivity index (χ3n) is 3.72. The molecule has 0 spiro atoms. The highest BCUT2D eigenvalue weighted by atomic mass is 19.4. The van der Waals surface area contributed by atoms with E-state index in [1.54, 1.807) is 6.92 Å². The predicted octanol–water partition coefficient (Wildman–Crippen LogP) is 2.69. The van der Waals surface area contributed by atoms with E-state index in [4.69, 9.17) is 0 Å². The molecular formula is C13H22F3N3. The van der Waals surface area contributed by atoms with Crippen molar-refractivity contribution in [1.82, 2.24) is 10.2 Å². The summed E-state index contributed by atoms with van der Waals surface area (Å²) in [6, 6.07) is 2.11. The van der Waals surface area contributed by atoms with Crippen LogP contribution in [-0.2, 0) is 0 Å². The van der Waals surface area contributed by atoms with Crippen LogP contribution in [0.4, 0.5) is 13.2 Å². The number of nitriles is 1. The highest BCUT2D eigenvalue weighted by Crippen LogP contribution is 2.34. The quantitative estimate of drug-likeness (QED) is 0.811. The van der Waals surface area contributed by atoms with E-state index in [1.165, 1.54) is 4.90 Å². The first-order chi connectivity index (χ1) is 8.86. The Morgan fingerprint density at radius 1 is 1.42 bits per heavy atom. The van der Waals surface area contributed by atoms with Gasteiger partial charge in [-0.25, -0.2) is 0 Å². The Kier molecular flexibility index (Phi) is 5.63. The van der Waals surface area contributed by atoms with Gasteiger partial charge in [-0.3, -0.25) is 10.2 Å². The average molecular weight is 277 g/mol. The van der Waals surface area contributed by atoms with Gasteiger partial charge in [0.15, 0.2) is 0 Å². The van der Waals surface area contributed by atoms with E-state index in [2.05, 4.69) is 11.4 Å². The van der Waals surface area contributed by atoms with E-state index >= 15 is 0 Å². The maximum absolute atomic E-state index is 12.5. The van der Waals surface area contributed by atoms with Crippen molar-refractivity contribution in [2.45, 2.75) is 57.3 Å². The van der Waals surface area contributed by atoms with Crippen LogP contribution in [-0.4, -0.2) is 42.3 Å². The minimum absolute atomic E-state index is 0.157. The van der Waals surface area contributed by atoms with Crippen molar-refractivity contribution in [3.05, 3.63) is 0 Å². The molecule has 1 rings (SSSR count). The molecule has 0 radical (unpaired) electrons. The van der Waals surface area contributed by atoms with E-state index in [-0.39, 0.29) is 6.04 Å². The lowest BCUT2D eigenvalue weighted by atomic mass is 9.99. The largest absolute Gasteiger partial charge is 0.401 e. The first kappa shape index (κ1) is 16.3. The number of rotatable bonds is 6. The molecule has 0 amide bonds. The molecule has 0 aromatic carbocycles. The third kappa shape index (κ3) is 4.66. The molecule has 110 valence electrons. The Morgan fingerprint density at radius 3 is 2.58 bits per heavy atom. The van der Waals surface area contributed by atoms with Gasteiger partial charge in [-0.2, -0.15) is 18.4 Å². The van der Waals surface area contributed by atoms with Crippen LogP contribution >= 0.6 is 0 Å². The summed E-state index contributed by atoms with van der Waals surface area (Å²) < 4.78 is 37.5. The fraction of sp³-hybridized carbons (Fsp3) is 0.923. The molecule has 1 aliphatic carbocycles. The molecule has 19 heavy (non-hydrogen) atoms. The molecule has 0 aromatic heterocycles. The van der Waals surface area contributed by atoms with Gasteiger partial charge in [-0.1, -0.05) is 13.8 Å². The van der Waals surface area contributed by atoms with E-state index in [0.29, 0.717) is 25.8 Å². The average Bonchev–Trinajstić information content (AvgIpc) is 2.77. The van der Waals surface area contributed by atoms with Crippen molar-refractivity contribution in [2.24, 2.45) is 0 Å². The van der Waals surface area contributed by atoms with E-state index in [0.717, 1.165) is 13.0 Å². The molecule has 1 fully saturated rings. The standard InChI is InChI=1S/C13H22F3N3/c1-3-7-18-12(9-17)6-5-11(8-12)19(4-2)10-13(14,15)16/h11,18H,3-8,10H2,1-2H3. The van der Waals surface area contributed by atoms with Crippen LogP contribution < -0.4 is 5.32 Å². The first-order valence-corrected chi connectivity index (χ1v) is 6.83. The molecule has 1 aliphatic rings. The van der Waals surface area contributed by atoms with Gasteiger partial charge >= 0.3 is 6.18 Å². The van der Waals surface area contributed by atoms with Crippen molar-refractivity contribution in [3.8, 4) is 6.07 Å². The van der Waals surface area contributed by atoms with Crippen LogP contribution in [0.2, 0.25) is 0 Å². The number of alkyl halides is 3. The van der Waals surface area contributed by atoms with Crippen LogP contribution in [0.3, 0.4) is 0 Å². The Balaban J connectivity index is 2.64. The maximum Gasteiger partial charge on any atom is 0.401 e. The maximum atomic E-state index is 12.5. The van der Waals surface area contributed by atoms with Gasteiger partial charge in [-0.15, -0.1) is 0 Å². The number of halogens is 3. The molecule has 0 saturated heterocycles. The molecule has 2 atom stereocenters. The molecule has 6 heteroatoms. The van der Waals surface area contributed by atoms with Gasteiger partial charge in [0.2, 0.25) is 0 Å². The monoisotopic (exact) mass is 277 g/mol. The summed E-state index contributed by atoms with van der Waals surface area (Å²) in [4.78, 5) is 1.44. The molecule has 0 heterocycles. The van der Waals surface area contributed by atoms with Crippen molar-refractivity contribution in [1.29, 1.82) is 5.26 Å². The summed E-state index contributed by atoms with van der Waals surface area (Å²) in [5.41, 5.74) is -0.639.